The molecule has 148 valence electrons. The lowest BCUT2D eigenvalue weighted by Gasteiger charge is -2.12. The maximum atomic E-state index is 12.4. The number of esters is 1. The highest BCUT2D eigenvalue weighted by molar-refractivity contribution is 5.98. The molecule has 0 aliphatic carbocycles. The summed E-state index contributed by atoms with van der Waals surface area (Å²) >= 11 is 0. The Bertz CT molecular complexity index is 998. The minimum Gasteiger partial charge on any atom is -0.452 e. The van der Waals surface area contributed by atoms with E-state index in [2.05, 4.69) is 15.6 Å². The van der Waals surface area contributed by atoms with Gasteiger partial charge in [-0.05, 0) is 38.0 Å². The lowest BCUT2D eigenvalue weighted by atomic mass is 10.1. The molecule has 28 heavy (non-hydrogen) atoms. The monoisotopic (exact) mass is 386 g/mol. The number of nitrogens with zero attached hydrogens (tertiary/aromatic N) is 2. The molecule has 2 heterocycles. The summed E-state index contributed by atoms with van der Waals surface area (Å²) in [5, 5.41) is 5.10. The fraction of sp³-hybridized carbons (Fsp3) is 0.421. The zero-order chi connectivity index (χ0) is 20.3. The Kier molecular flexibility index (Phi) is 5.72. The molecular formula is C19H22N4O5. The molecule has 1 aliphatic heterocycles. The third-order valence-electron chi connectivity index (χ3n) is 4.63. The third-order valence-corrected chi connectivity index (χ3v) is 4.63. The van der Waals surface area contributed by atoms with Crippen LogP contribution in [0.2, 0.25) is 0 Å². The molecule has 1 aromatic carbocycles. The van der Waals surface area contributed by atoms with E-state index in [1.54, 1.807) is 11.5 Å². The van der Waals surface area contributed by atoms with Gasteiger partial charge >= 0.3 is 12.0 Å². The van der Waals surface area contributed by atoms with E-state index >= 15 is 0 Å². The molecule has 3 amide bonds. The summed E-state index contributed by atoms with van der Waals surface area (Å²) in [4.78, 5) is 52.4. The zero-order valence-corrected chi connectivity index (χ0v) is 15.8. The summed E-state index contributed by atoms with van der Waals surface area (Å²) in [7, 11) is 0. The third kappa shape index (κ3) is 4.19. The standard InChI is InChI=1S/C19H22N4O5/c1-3-11(2)20-19(27)22-16(24)10-28-18(26)12-6-7-13-14(9-12)21-15-5-4-8-23(15)17(13)25/h6-7,9,11H,3-5,8,10H2,1-2H3,(H2,20,22,24,27)/t11-/m0/s1. The summed E-state index contributed by atoms with van der Waals surface area (Å²) in [6.45, 7) is 3.76. The number of urea groups is 1. The number of rotatable bonds is 5. The highest BCUT2D eigenvalue weighted by Crippen LogP contribution is 2.16. The average Bonchev–Trinajstić information content (AvgIpc) is 3.14. The van der Waals surface area contributed by atoms with Gasteiger partial charge in [-0.2, -0.15) is 0 Å². The Morgan fingerprint density at radius 2 is 2.11 bits per heavy atom. The van der Waals surface area contributed by atoms with E-state index < -0.39 is 24.5 Å². The number of ether oxygens (including phenoxy) is 1. The van der Waals surface area contributed by atoms with E-state index in [1.807, 2.05) is 6.92 Å². The fourth-order valence-corrected chi connectivity index (χ4v) is 2.95. The Morgan fingerprint density at radius 1 is 1.32 bits per heavy atom. The predicted octanol–water partition coefficient (Wildman–Crippen LogP) is 1.12. The molecule has 0 radical (unpaired) electrons. The first kappa shape index (κ1) is 19.5. The van der Waals surface area contributed by atoms with Gasteiger partial charge in [0.25, 0.3) is 11.5 Å². The van der Waals surface area contributed by atoms with Crippen molar-refractivity contribution >= 4 is 28.8 Å². The lowest BCUT2D eigenvalue weighted by Crippen LogP contribution is -2.44. The molecule has 1 aromatic heterocycles. The van der Waals surface area contributed by atoms with Gasteiger partial charge in [0.15, 0.2) is 6.61 Å². The average molecular weight is 386 g/mol. The molecule has 2 aromatic rings. The zero-order valence-electron chi connectivity index (χ0n) is 15.8. The molecule has 0 spiro atoms. The number of hydrogen-bond donors (Lipinski definition) is 2. The topological polar surface area (TPSA) is 119 Å². The molecule has 3 rings (SSSR count). The fourth-order valence-electron chi connectivity index (χ4n) is 2.95. The van der Waals surface area contributed by atoms with Gasteiger partial charge in [0.2, 0.25) is 0 Å². The minimum absolute atomic E-state index is 0.0778. The van der Waals surface area contributed by atoms with Crippen molar-refractivity contribution < 1.29 is 19.1 Å². The van der Waals surface area contributed by atoms with Gasteiger partial charge in [0, 0.05) is 19.0 Å². The van der Waals surface area contributed by atoms with Crippen LogP contribution in [0.1, 0.15) is 42.9 Å². The van der Waals surface area contributed by atoms with Crippen molar-refractivity contribution in [3.8, 4) is 0 Å². The van der Waals surface area contributed by atoms with Crippen molar-refractivity contribution in [2.75, 3.05) is 6.61 Å². The van der Waals surface area contributed by atoms with Crippen LogP contribution in [0.3, 0.4) is 0 Å². The molecule has 2 N–H and O–H groups in total. The number of carbonyl (C=O) groups excluding carboxylic acids is 3. The summed E-state index contributed by atoms with van der Waals surface area (Å²) in [5.74, 6) is -0.763. The summed E-state index contributed by atoms with van der Waals surface area (Å²) < 4.78 is 6.60. The van der Waals surface area contributed by atoms with Crippen molar-refractivity contribution in [1.29, 1.82) is 0 Å². The van der Waals surface area contributed by atoms with Gasteiger partial charge in [-0.15, -0.1) is 0 Å². The number of nitrogens with one attached hydrogen (secondary N) is 2. The first-order valence-corrected chi connectivity index (χ1v) is 9.20. The number of fused-ring (bicyclic) bond motifs is 2. The van der Waals surface area contributed by atoms with Gasteiger partial charge in [-0.3, -0.25) is 19.5 Å². The molecule has 0 fully saturated rings. The number of imide groups is 1. The second-order valence-corrected chi connectivity index (χ2v) is 6.73. The molecule has 1 atom stereocenters. The number of carbonyl (C=O) groups is 3. The van der Waals surface area contributed by atoms with Crippen molar-refractivity contribution in [3.05, 3.63) is 39.9 Å². The number of aromatic nitrogens is 2. The van der Waals surface area contributed by atoms with Crippen LogP contribution in [-0.4, -0.2) is 40.1 Å². The number of amides is 3. The van der Waals surface area contributed by atoms with Crippen molar-refractivity contribution in [1.82, 2.24) is 20.2 Å². The normalized spacial score (nSPS) is 13.6. The molecule has 0 bridgehead atoms. The minimum atomic E-state index is -0.734. The second kappa shape index (κ2) is 8.20. The molecular weight excluding hydrogens is 364 g/mol. The SMILES string of the molecule is CC[C@H](C)NC(=O)NC(=O)COC(=O)c1ccc2c(=O)n3c(nc2c1)CCC3. The summed E-state index contributed by atoms with van der Waals surface area (Å²) in [6, 6.07) is 3.76. The van der Waals surface area contributed by atoms with Gasteiger partial charge in [-0.25, -0.2) is 14.6 Å². The van der Waals surface area contributed by atoms with Gasteiger partial charge < -0.3 is 10.1 Å². The van der Waals surface area contributed by atoms with E-state index in [1.165, 1.54) is 18.2 Å². The summed E-state index contributed by atoms with van der Waals surface area (Å²) in [5.41, 5.74) is 0.480. The van der Waals surface area contributed by atoms with Crippen molar-refractivity contribution in [3.63, 3.8) is 0 Å². The highest BCUT2D eigenvalue weighted by atomic mass is 16.5. The van der Waals surface area contributed by atoms with E-state index in [0.29, 0.717) is 23.3 Å². The van der Waals surface area contributed by atoms with E-state index in [0.717, 1.165) is 19.3 Å². The van der Waals surface area contributed by atoms with Gasteiger partial charge in [0.1, 0.15) is 5.82 Å². The van der Waals surface area contributed by atoms with Crippen LogP contribution in [0.5, 0.6) is 0 Å². The van der Waals surface area contributed by atoms with Crippen molar-refractivity contribution in [2.24, 2.45) is 0 Å². The predicted molar refractivity (Wildman–Crippen MR) is 101 cm³/mol. The summed E-state index contributed by atoms with van der Waals surface area (Å²) in [6.07, 6.45) is 2.31. The molecule has 9 nitrogen and oxygen atoms in total. The Morgan fingerprint density at radius 3 is 2.86 bits per heavy atom. The first-order chi connectivity index (χ1) is 13.4. The Labute approximate surface area is 161 Å². The van der Waals surface area contributed by atoms with E-state index in [4.69, 9.17) is 4.74 Å². The van der Waals surface area contributed by atoms with Gasteiger partial charge in [-0.1, -0.05) is 6.92 Å². The van der Waals surface area contributed by atoms with Crippen LogP contribution < -0.4 is 16.2 Å². The number of benzene rings is 1. The number of hydrogen-bond acceptors (Lipinski definition) is 6. The molecule has 0 unspecified atom stereocenters. The Hall–Kier alpha value is -3.23. The van der Waals surface area contributed by atoms with Crippen LogP contribution in [-0.2, 0) is 22.5 Å². The molecule has 1 aliphatic rings. The number of aryl methyl sites for hydroxylation is 1. The van der Waals surface area contributed by atoms with Crippen LogP contribution in [0.4, 0.5) is 4.79 Å². The quantitative estimate of drug-likeness (QED) is 0.744. The smallest absolute Gasteiger partial charge is 0.338 e. The Balaban J connectivity index is 1.64. The highest BCUT2D eigenvalue weighted by Gasteiger charge is 2.18. The maximum Gasteiger partial charge on any atom is 0.338 e. The van der Waals surface area contributed by atoms with Crippen LogP contribution in [0.15, 0.2) is 23.0 Å². The maximum absolute atomic E-state index is 12.4. The van der Waals surface area contributed by atoms with Crippen LogP contribution in [0, 0.1) is 0 Å². The largest absolute Gasteiger partial charge is 0.452 e. The molecule has 0 saturated heterocycles. The molecule has 0 saturated carbocycles. The van der Waals surface area contributed by atoms with E-state index in [9.17, 15) is 19.2 Å². The second-order valence-electron chi connectivity index (χ2n) is 6.73. The van der Waals surface area contributed by atoms with Crippen LogP contribution in [0.25, 0.3) is 10.9 Å². The van der Waals surface area contributed by atoms with E-state index in [-0.39, 0.29) is 17.2 Å². The van der Waals surface area contributed by atoms with Crippen molar-refractivity contribution in [2.45, 2.75) is 45.7 Å². The van der Waals surface area contributed by atoms with Gasteiger partial charge in [0.05, 0.1) is 16.5 Å². The van der Waals surface area contributed by atoms with Crippen LogP contribution >= 0.6 is 0 Å². The first-order valence-electron chi connectivity index (χ1n) is 9.20. The lowest BCUT2D eigenvalue weighted by molar-refractivity contribution is -0.123. The molecule has 9 heteroatoms.